The van der Waals surface area contributed by atoms with E-state index in [2.05, 4.69) is 0 Å². The molecule has 2 aromatic rings. The van der Waals surface area contributed by atoms with Gasteiger partial charge in [-0.1, -0.05) is 54.1 Å². The summed E-state index contributed by atoms with van der Waals surface area (Å²) in [5.41, 5.74) is 2.17. The molecule has 0 heterocycles. The number of carbonyl (C=O) groups excluding carboxylic acids is 2. The van der Waals surface area contributed by atoms with Gasteiger partial charge in [-0.25, -0.2) is 0 Å². The SMILES string of the molecule is O=Cc1ccc(C(=O)CCc2ccccc2Cl)cc1. The zero-order valence-electron chi connectivity index (χ0n) is 10.3. The van der Waals surface area contributed by atoms with Crippen LogP contribution in [0.5, 0.6) is 0 Å². The van der Waals surface area contributed by atoms with Crippen LogP contribution in [0.3, 0.4) is 0 Å². The number of hydrogen-bond donors (Lipinski definition) is 0. The van der Waals surface area contributed by atoms with E-state index in [1.807, 2.05) is 24.3 Å². The summed E-state index contributed by atoms with van der Waals surface area (Å²) in [5.74, 6) is 0.0531. The molecule has 0 saturated carbocycles. The van der Waals surface area contributed by atoms with Gasteiger partial charge in [-0.05, 0) is 18.1 Å². The number of benzene rings is 2. The van der Waals surface area contributed by atoms with Gasteiger partial charge in [0.2, 0.25) is 0 Å². The second-order valence-corrected chi connectivity index (χ2v) is 4.66. The molecule has 0 fully saturated rings. The van der Waals surface area contributed by atoms with Crippen molar-refractivity contribution >= 4 is 23.7 Å². The first kappa shape index (κ1) is 13.5. The quantitative estimate of drug-likeness (QED) is 0.610. The van der Waals surface area contributed by atoms with Crippen molar-refractivity contribution in [3.63, 3.8) is 0 Å². The third kappa shape index (κ3) is 3.52. The number of halogens is 1. The zero-order valence-corrected chi connectivity index (χ0v) is 11.1. The number of aldehydes is 1. The molecule has 0 atom stereocenters. The van der Waals surface area contributed by atoms with Gasteiger partial charge in [0.1, 0.15) is 6.29 Å². The molecule has 2 nitrogen and oxygen atoms in total. The van der Waals surface area contributed by atoms with E-state index in [0.717, 1.165) is 11.8 Å². The predicted octanol–water partition coefficient (Wildman–Crippen LogP) is 3.97. The fourth-order valence-corrected chi connectivity index (χ4v) is 2.07. The lowest BCUT2D eigenvalue weighted by Gasteiger charge is -2.04. The summed E-state index contributed by atoms with van der Waals surface area (Å²) in [6.45, 7) is 0. The third-order valence-electron chi connectivity index (χ3n) is 2.95. The highest BCUT2D eigenvalue weighted by Gasteiger charge is 2.07. The molecule has 0 aliphatic carbocycles. The number of carbonyl (C=O) groups is 2. The average Bonchev–Trinajstić information content (AvgIpc) is 2.46. The summed E-state index contributed by atoms with van der Waals surface area (Å²) in [5, 5.41) is 0.687. The van der Waals surface area contributed by atoms with Gasteiger partial charge in [-0.15, -0.1) is 0 Å². The first-order chi connectivity index (χ1) is 9.20. The van der Waals surface area contributed by atoms with Crippen LogP contribution in [0.25, 0.3) is 0 Å². The van der Waals surface area contributed by atoms with Gasteiger partial charge < -0.3 is 0 Å². The molecular weight excluding hydrogens is 260 g/mol. The van der Waals surface area contributed by atoms with Crippen molar-refractivity contribution in [3.8, 4) is 0 Å². The lowest BCUT2D eigenvalue weighted by Crippen LogP contribution is -2.01. The van der Waals surface area contributed by atoms with Crippen molar-refractivity contribution in [1.82, 2.24) is 0 Å². The maximum absolute atomic E-state index is 12.0. The van der Waals surface area contributed by atoms with Crippen LogP contribution in [0.4, 0.5) is 0 Å². The highest BCUT2D eigenvalue weighted by Crippen LogP contribution is 2.17. The van der Waals surface area contributed by atoms with Crippen LogP contribution < -0.4 is 0 Å². The first-order valence-electron chi connectivity index (χ1n) is 6.02. The number of rotatable bonds is 5. The molecule has 0 bridgehead atoms. The lowest BCUT2D eigenvalue weighted by molar-refractivity contribution is 0.0982. The van der Waals surface area contributed by atoms with E-state index in [0.29, 0.717) is 29.0 Å². The zero-order chi connectivity index (χ0) is 13.7. The summed E-state index contributed by atoms with van der Waals surface area (Å²) < 4.78 is 0. The minimum atomic E-state index is 0.0531. The van der Waals surface area contributed by atoms with E-state index in [4.69, 9.17) is 11.6 Å². The Morgan fingerprint density at radius 3 is 2.37 bits per heavy atom. The number of Topliss-reactive ketones (excluding diaryl/α,β-unsaturated/α-hetero) is 1. The second-order valence-electron chi connectivity index (χ2n) is 4.25. The van der Waals surface area contributed by atoms with Crippen LogP contribution in [0, 0.1) is 0 Å². The highest BCUT2D eigenvalue weighted by molar-refractivity contribution is 6.31. The second kappa shape index (κ2) is 6.30. The molecule has 19 heavy (non-hydrogen) atoms. The van der Waals surface area contributed by atoms with E-state index >= 15 is 0 Å². The largest absolute Gasteiger partial charge is 0.298 e. The van der Waals surface area contributed by atoms with Crippen LogP contribution in [-0.4, -0.2) is 12.1 Å². The Hall–Kier alpha value is -1.93. The molecule has 0 radical (unpaired) electrons. The topological polar surface area (TPSA) is 34.1 Å². The Labute approximate surface area is 117 Å². The summed E-state index contributed by atoms with van der Waals surface area (Å²) in [4.78, 5) is 22.5. The van der Waals surface area contributed by atoms with Crippen molar-refractivity contribution in [2.24, 2.45) is 0 Å². The van der Waals surface area contributed by atoms with Crippen LogP contribution in [0.2, 0.25) is 5.02 Å². The third-order valence-corrected chi connectivity index (χ3v) is 3.32. The Balaban J connectivity index is 2.01. The van der Waals surface area contributed by atoms with Crippen LogP contribution in [0.15, 0.2) is 48.5 Å². The molecule has 0 saturated heterocycles. The normalized spacial score (nSPS) is 10.2. The fraction of sp³-hybridized carbons (Fsp3) is 0.125. The Kier molecular flexibility index (Phi) is 4.48. The van der Waals surface area contributed by atoms with Gasteiger partial charge in [0.05, 0.1) is 0 Å². The number of aryl methyl sites for hydroxylation is 1. The molecular formula is C16H13ClO2. The molecule has 3 heteroatoms. The van der Waals surface area contributed by atoms with Crippen LogP contribution in [0.1, 0.15) is 32.7 Å². The summed E-state index contributed by atoms with van der Waals surface area (Å²) in [7, 11) is 0. The molecule has 0 aliphatic rings. The van der Waals surface area contributed by atoms with Crippen molar-refractivity contribution in [1.29, 1.82) is 0 Å². The van der Waals surface area contributed by atoms with Gasteiger partial charge in [-0.2, -0.15) is 0 Å². The first-order valence-corrected chi connectivity index (χ1v) is 6.40. The van der Waals surface area contributed by atoms with Crippen LogP contribution in [-0.2, 0) is 6.42 Å². The molecule has 96 valence electrons. The standard InChI is InChI=1S/C16H13ClO2/c17-15-4-2-1-3-13(15)9-10-16(19)14-7-5-12(11-18)6-8-14/h1-8,11H,9-10H2. The molecule has 0 amide bonds. The number of hydrogen-bond acceptors (Lipinski definition) is 2. The van der Waals surface area contributed by atoms with Crippen molar-refractivity contribution < 1.29 is 9.59 Å². The molecule has 0 unspecified atom stereocenters. The van der Waals surface area contributed by atoms with E-state index in [-0.39, 0.29) is 5.78 Å². The maximum atomic E-state index is 12.0. The smallest absolute Gasteiger partial charge is 0.163 e. The van der Waals surface area contributed by atoms with Crippen LogP contribution >= 0.6 is 11.6 Å². The van der Waals surface area contributed by atoms with Gasteiger partial charge >= 0.3 is 0 Å². The Bertz CT molecular complexity index is 588. The fourth-order valence-electron chi connectivity index (χ4n) is 1.84. The lowest BCUT2D eigenvalue weighted by atomic mass is 10.0. The maximum Gasteiger partial charge on any atom is 0.163 e. The summed E-state index contributed by atoms with van der Waals surface area (Å²) in [6.07, 6.45) is 1.79. The van der Waals surface area contributed by atoms with E-state index in [9.17, 15) is 9.59 Å². The van der Waals surface area contributed by atoms with E-state index in [1.165, 1.54) is 0 Å². The van der Waals surface area contributed by atoms with Gasteiger partial charge in [0.15, 0.2) is 5.78 Å². The highest BCUT2D eigenvalue weighted by atomic mass is 35.5. The Morgan fingerprint density at radius 1 is 1.05 bits per heavy atom. The molecule has 0 spiro atoms. The molecule has 2 aromatic carbocycles. The van der Waals surface area contributed by atoms with Crippen molar-refractivity contribution in [2.75, 3.05) is 0 Å². The summed E-state index contributed by atoms with van der Waals surface area (Å²) >= 11 is 6.04. The van der Waals surface area contributed by atoms with Gasteiger partial charge in [-0.3, -0.25) is 9.59 Å². The Morgan fingerprint density at radius 2 is 1.74 bits per heavy atom. The van der Waals surface area contributed by atoms with Gasteiger partial charge in [0.25, 0.3) is 0 Å². The van der Waals surface area contributed by atoms with E-state index in [1.54, 1.807) is 24.3 Å². The summed E-state index contributed by atoms with van der Waals surface area (Å²) in [6, 6.07) is 14.2. The van der Waals surface area contributed by atoms with E-state index < -0.39 is 0 Å². The minimum Gasteiger partial charge on any atom is -0.298 e. The van der Waals surface area contributed by atoms with Crippen molar-refractivity contribution in [3.05, 3.63) is 70.2 Å². The minimum absolute atomic E-state index is 0.0531. The monoisotopic (exact) mass is 272 g/mol. The molecule has 0 aliphatic heterocycles. The van der Waals surface area contributed by atoms with Crippen molar-refractivity contribution in [2.45, 2.75) is 12.8 Å². The molecule has 2 rings (SSSR count). The average molecular weight is 273 g/mol. The molecule has 0 N–H and O–H groups in total. The molecule has 0 aromatic heterocycles. The number of ketones is 1. The van der Waals surface area contributed by atoms with Gasteiger partial charge in [0, 0.05) is 22.6 Å². The predicted molar refractivity (Wildman–Crippen MR) is 75.9 cm³/mol.